The lowest BCUT2D eigenvalue weighted by Crippen LogP contribution is -2.42. The van der Waals surface area contributed by atoms with Crippen molar-refractivity contribution in [1.29, 1.82) is 0 Å². The third-order valence-electron chi connectivity index (χ3n) is 7.00. The normalized spacial score (nSPS) is 13.3. The van der Waals surface area contributed by atoms with Crippen molar-refractivity contribution < 1.29 is 14.7 Å². The summed E-state index contributed by atoms with van der Waals surface area (Å²) >= 11 is 5.96. The Morgan fingerprint density at radius 2 is 1.70 bits per heavy atom. The minimum absolute atomic E-state index is 0.109. The summed E-state index contributed by atoms with van der Waals surface area (Å²) in [6.45, 7) is 1.39. The van der Waals surface area contributed by atoms with Crippen molar-refractivity contribution in [2.45, 2.75) is 25.4 Å². The van der Waals surface area contributed by atoms with Crippen molar-refractivity contribution in [3.8, 4) is 11.4 Å². The molecule has 40 heavy (non-hydrogen) atoms. The summed E-state index contributed by atoms with van der Waals surface area (Å²) in [6, 6.07) is 23.5. The monoisotopic (exact) mass is 555 g/mol. The molecule has 204 valence electrons. The highest BCUT2D eigenvalue weighted by Gasteiger charge is 2.25. The molecule has 1 aromatic heterocycles. The Morgan fingerprint density at radius 3 is 2.38 bits per heavy atom. The summed E-state index contributed by atoms with van der Waals surface area (Å²) in [6.07, 6.45) is 0.967. The van der Waals surface area contributed by atoms with E-state index in [1.165, 1.54) is 11.1 Å². The first-order valence-electron chi connectivity index (χ1n) is 13.0. The molecular formula is C31H30ClN5O3. The molecule has 0 spiro atoms. The molecule has 0 radical (unpaired) electrons. The third-order valence-corrected chi connectivity index (χ3v) is 7.25. The molecule has 0 aliphatic carbocycles. The van der Waals surface area contributed by atoms with Crippen LogP contribution < -0.4 is 15.1 Å². The summed E-state index contributed by atoms with van der Waals surface area (Å²) in [5, 5.41) is 13.1. The van der Waals surface area contributed by atoms with Gasteiger partial charge in [-0.1, -0.05) is 48.0 Å². The quantitative estimate of drug-likeness (QED) is 0.320. The zero-order valence-electron chi connectivity index (χ0n) is 22.3. The van der Waals surface area contributed by atoms with E-state index in [9.17, 15) is 14.7 Å². The van der Waals surface area contributed by atoms with Crippen LogP contribution in [0.5, 0.6) is 0 Å². The number of carboxylic acid groups (broad SMARTS) is 1. The summed E-state index contributed by atoms with van der Waals surface area (Å²) in [4.78, 5) is 39.0. The molecule has 1 amide bonds. The van der Waals surface area contributed by atoms with E-state index in [2.05, 4.69) is 27.3 Å². The minimum atomic E-state index is -1.14. The van der Waals surface area contributed by atoms with Crippen LogP contribution in [-0.2, 0) is 24.2 Å². The van der Waals surface area contributed by atoms with Crippen molar-refractivity contribution in [2.75, 3.05) is 30.4 Å². The maximum Gasteiger partial charge on any atom is 0.326 e. The third kappa shape index (κ3) is 6.24. The van der Waals surface area contributed by atoms with Gasteiger partial charge in [0.05, 0.1) is 0 Å². The number of amides is 1. The maximum atomic E-state index is 13.5. The molecule has 2 N–H and O–H groups in total. The van der Waals surface area contributed by atoms with E-state index in [0.29, 0.717) is 23.2 Å². The number of benzene rings is 3. The molecular weight excluding hydrogens is 526 g/mol. The number of carbonyl (C=O) groups is 2. The molecule has 0 fully saturated rings. The van der Waals surface area contributed by atoms with Crippen LogP contribution in [0.1, 0.15) is 27.2 Å². The average Bonchev–Trinajstić information content (AvgIpc) is 2.97. The number of hydrogen-bond acceptors (Lipinski definition) is 6. The first-order valence-corrected chi connectivity index (χ1v) is 13.4. The van der Waals surface area contributed by atoms with Gasteiger partial charge in [-0.05, 0) is 59.5 Å². The van der Waals surface area contributed by atoms with Gasteiger partial charge in [-0.25, -0.2) is 14.8 Å². The zero-order valence-corrected chi connectivity index (χ0v) is 23.1. The average molecular weight is 556 g/mol. The maximum absolute atomic E-state index is 13.5. The van der Waals surface area contributed by atoms with Gasteiger partial charge in [-0.15, -0.1) is 0 Å². The smallest absolute Gasteiger partial charge is 0.326 e. The van der Waals surface area contributed by atoms with Gasteiger partial charge in [0.2, 0.25) is 0 Å². The Labute approximate surface area is 238 Å². The molecule has 1 aliphatic rings. The molecule has 1 atom stereocenters. The van der Waals surface area contributed by atoms with Gasteiger partial charge in [-0.2, -0.15) is 0 Å². The highest BCUT2D eigenvalue weighted by atomic mass is 35.5. The van der Waals surface area contributed by atoms with Crippen molar-refractivity contribution >= 4 is 35.0 Å². The Kier molecular flexibility index (Phi) is 7.98. The lowest BCUT2D eigenvalue weighted by atomic mass is 10.00. The van der Waals surface area contributed by atoms with Crippen LogP contribution in [0.25, 0.3) is 11.4 Å². The van der Waals surface area contributed by atoms with E-state index in [0.717, 1.165) is 29.8 Å². The van der Waals surface area contributed by atoms with Crippen LogP contribution in [-0.4, -0.2) is 53.6 Å². The van der Waals surface area contributed by atoms with E-state index in [1.54, 1.807) is 30.3 Å². The van der Waals surface area contributed by atoms with Gasteiger partial charge in [0.15, 0.2) is 5.82 Å². The number of nitrogens with one attached hydrogen (secondary N) is 1. The predicted octanol–water partition coefficient (Wildman–Crippen LogP) is 4.85. The van der Waals surface area contributed by atoms with Gasteiger partial charge in [0.25, 0.3) is 5.91 Å². The Hall–Kier alpha value is -4.43. The summed E-state index contributed by atoms with van der Waals surface area (Å²) in [5.41, 5.74) is 5.15. The van der Waals surface area contributed by atoms with E-state index in [-0.39, 0.29) is 12.1 Å². The molecule has 0 saturated carbocycles. The highest BCUT2D eigenvalue weighted by Crippen LogP contribution is 2.27. The van der Waals surface area contributed by atoms with Crippen molar-refractivity contribution in [2.24, 2.45) is 0 Å². The molecule has 1 aliphatic heterocycles. The molecule has 3 aromatic carbocycles. The van der Waals surface area contributed by atoms with Crippen LogP contribution in [0.2, 0.25) is 5.02 Å². The summed E-state index contributed by atoms with van der Waals surface area (Å²) in [7, 11) is 3.93. The largest absolute Gasteiger partial charge is 0.480 e. The zero-order chi connectivity index (χ0) is 28.2. The topological polar surface area (TPSA) is 98.7 Å². The predicted molar refractivity (Wildman–Crippen MR) is 157 cm³/mol. The number of halogens is 1. The lowest BCUT2D eigenvalue weighted by Gasteiger charge is -2.30. The molecule has 8 nitrogen and oxygen atoms in total. The number of aliphatic carboxylic acids is 1. The van der Waals surface area contributed by atoms with Gasteiger partial charge in [-0.3, -0.25) is 4.79 Å². The number of aromatic nitrogens is 2. The molecule has 0 bridgehead atoms. The fourth-order valence-electron chi connectivity index (χ4n) is 4.73. The fraction of sp³-hybridized carbons (Fsp3) is 0.226. The van der Waals surface area contributed by atoms with Gasteiger partial charge >= 0.3 is 5.97 Å². The number of fused-ring (bicyclic) bond motifs is 1. The number of carboxylic acids is 1. The Bertz CT molecular complexity index is 1520. The second-order valence-corrected chi connectivity index (χ2v) is 10.4. The fourth-order valence-corrected chi connectivity index (χ4v) is 4.86. The number of anilines is 2. The Balaban J connectivity index is 1.47. The van der Waals surface area contributed by atoms with Gasteiger partial charge in [0.1, 0.15) is 17.6 Å². The van der Waals surface area contributed by atoms with E-state index >= 15 is 0 Å². The lowest BCUT2D eigenvalue weighted by molar-refractivity contribution is -0.139. The summed E-state index contributed by atoms with van der Waals surface area (Å²) in [5.74, 6) is -0.694. The summed E-state index contributed by atoms with van der Waals surface area (Å²) < 4.78 is 0. The first-order chi connectivity index (χ1) is 19.3. The van der Waals surface area contributed by atoms with Crippen LogP contribution in [0.3, 0.4) is 0 Å². The van der Waals surface area contributed by atoms with Crippen LogP contribution in [0.15, 0.2) is 78.9 Å². The van der Waals surface area contributed by atoms with Crippen LogP contribution in [0.4, 0.5) is 11.5 Å². The first kappa shape index (κ1) is 27.1. The van der Waals surface area contributed by atoms with Crippen LogP contribution >= 0.6 is 11.6 Å². The van der Waals surface area contributed by atoms with Gasteiger partial charge < -0.3 is 20.2 Å². The molecule has 9 heteroatoms. The van der Waals surface area contributed by atoms with Crippen LogP contribution in [0, 0.1) is 0 Å². The highest BCUT2D eigenvalue weighted by molar-refractivity contribution is 6.30. The Morgan fingerprint density at radius 1 is 1.00 bits per heavy atom. The minimum Gasteiger partial charge on any atom is -0.480 e. The molecule has 2 heterocycles. The second kappa shape index (κ2) is 11.8. The van der Waals surface area contributed by atoms with E-state index in [1.807, 2.05) is 55.4 Å². The van der Waals surface area contributed by atoms with E-state index < -0.39 is 17.9 Å². The molecule has 0 saturated heterocycles. The van der Waals surface area contributed by atoms with E-state index in [4.69, 9.17) is 16.6 Å². The second-order valence-electron chi connectivity index (χ2n) is 10.0. The number of carbonyl (C=O) groups excluding carboxylic acids is 1. The van der Waals surface area contributed by atoms with Crippen molar-refractivity contribution in [3.63, 3.8) is 0 Å². The number of rotatable bonds is 8. The number of nitrogens with zero attached hydrogens (tertiary/aromatic N) is 4. The molecule has 5 rings (SSSR count). The molecule has 1 unspecified atom stereocenters. The van der Waals surface area contributed by atoms with Crippen molar-refractivity contribution in [1.82, 2.24) is 15.3 Å². The number of hydrogen-bond donors (Lipinski definition) is 2. The molecule has 4 aromatic rings. The van der Waals surface area contributed by atoms with Gasteiger partial charge in [0, 0.05) is 55.9 Å². The standard InChI is InChI=1S/C31H30ClN5O3/c1-36(2)25-13-9-22(10-14-25)29-33-26(18-28(35-29)37-16-15-21-5-3-4-6-23(21)19-37)30(38)34-27(31(39)40)17-20-7-11-24(32)12-8-20/h3-14,18,27H,15-17,19H2,1-2H3,(H,34,38)(H,39,40). The van der Waals surface area contributed by atoms with Crippen molar-refractivity contribution in [3.05, 3.63) is 106 Å². The SMILES string of the molecule is CN(C)c1ccc(-c2nc(C(=O)NC(Cc3ccc(Cl)cc3)C(=O)O)cc(N3CCc4ccccc4C3)n2)cc1.